The summed E-state index contributed by atoms with van der Waals surface area (Å²) in [5.74, 6) is 0.328. The number of hydrogen-bond donors (Lipinski definition) is 3. The van der Waals surface area contributed by atoms with Crippen molar-refractivity contribution in [3.63, 3.8) is 0 Å². The van der Waals surface area contributed by atoms with Crippen molar-refractivity contribution in [1.82, 2.24) is 25.2 Å². The van der Waals surface area contributed by atoms with Crippen LogP contribution in [0.3, 0.4) is 0 Å². The number of nitrogens with one attached hydrogen (secondary N) is 2. The van der Waals surface area contributed by atoms with Gasteiger partial charge in [-0.05, 0) is 37.0 Å². The van der Waals surface area contributed by atoms with Gasteiger partial charge in [0.2, 0.25) is 5.60 Å². The minimum atomic E-state index is -4.94. The molecule has 1 aliphatic heterocycles. The summed E-state index contributed by atoms with van der Waals surface area (Å²) in [5.41, 5.74) is -2.32. The highest BCUT2D eigenvalue weighted by Crippen LogP contribution is 2.40. The number of pyridine rings is 1. The number of hydrogen-bond acceptors (Lipinski definition) is 5. The van der Waals surface area contributed by atoms with Gasteiger partial charge in [0.05, 0.1) is 0 Å². The minimum Gasteiger partial charge on any atom is -0.374 e. The lowest BCUT2D eigenvalue weighted by Crippen LogP contribution is -2.47. The zero-order valence-electron chi connectivity index (χ0n) is 17.3. The third-order valence-electron chi connectivity index (χ3n) is 5.38. The second kappa shape index (κ2) is 9.54. The van der Waals surface area contributed by atoms with E-state index in [4.69, 9.17) is 0 Å². The lowest BCUT2D eigenvalue weighted by molar-refractivity contribution is -0.272. The number of aromatic nitrogens is 3. The molecule has 3 heterocycles. The van der Waals surface area contributed by atoms with E-state index in [9.17, 15) is 23.1 Å². The highest BCUT2D eigenvalue weighted by atomic mass is 19.4. The van der Waals surface area contributed by atoms with Crippen molar-refractivity contribution >= 4 is 11.8 Å². The zero-order valence-corrected chi connectivity index (χ0v) is 17.3. The maximum atomic E-state index is 13.5. The molecule has 11 heteroatoms. The molecular weight excluding hydrogens is 413 g/mol. The van der Waals surface area contributed by atoms with Gasteiger partial charge in [-0.1, -0.05) is 0 Å². The third-order valence-corrected chi connectivity index (χ3v) is 5.38. The molecular formula is C20H27F3N6O2. The monoisotopic (exact) mass is 440 g/mol. The number of aliphatic hydroxyl groups is 1. The summed E-state index contributed by atoms with van der Waals surface area (Å²) in [6.07, 6.45) is 1.92. The van der Waals surface area contributed by atoms with E-state index in [-0.39, 0.29) is 13.1 Å². The molecule has 0 spiro atoms. The first kappa shape index (κ1) is 22.9. The van der Waals surface area contributed by atoms with Crippen molar-refractivity contribution in [3.05, 3.63) is 42.1 Å². The Balaban J connectivity index is 1.51. The van der Waals surface area contributed by atoms with Crippen molar-refractivity contribution in [3.8, 4) is 0 Å². The number of nitrogens with zero attached hydrogens (tertiary/aromatic N) is 4. The lowest BCUT2D eigenvalue weighted by atomic mass is 9.97. The lowest BCUT2D eigenvalue weighted by Gasteiger charge is -2.30. The van der Waals surface area contributed by atoms with Gasteiger partial charge in [0.15, 0.2) is 0 Å². The molecule has 31 heavy (non-hydrogen) atoms. The Kier molecular flexibility index (Phi) is 7.04. The molecule has 1 unspecified atom stereocenters. The maximum Gasteiger partial charge on any atom is 0.424 e. The normalized spacial score (nSPS) is 16.6. The second-order valence-electron chi connectivity index (χ2n) is 7.65. The number of carbonyl (C=O) groups excluding carboxylic acids is 1. The molecule has 3 rings (SSSR count). The van der Waals surface area contributed by atoms with E-state index >= 15 is 0 Å². The Bertz CT molecular complexity index is 882. The van der Waals surface area contributed by atoms with Gasteiger partial charge >= 0.3 is 12.2 Å². The summed E-state index contributed by atoms with van der Waals surface area (Å²) in [6.45, 7) is 1.72. The van der Waals surface area contributed by atoms with Gasteiger partial charge in [-0.3, -0.25) is 0 Å². The van der Waals surface area contributed by atoms with Crippen molar-refractivity contribution in [1.29, 1.82) is 0 Å². The first-order valence-electron chi connectivity index (χ1n) is 10.2. The minimum absolute atomic E-state index is 0.206. The van der Waals surface area contributed by atoms with Gasteiger partial charge in [0.25, 0.3) is 0 Å². The Morgan fingerprint density at radius 3 is 2.55 bits per heavy atom. The van der Waals surface area contributed by atoms with E-state index in [2.05, 4.69) is 25.5 Å². The van der Waals surface area contributed by atoms with Gasteiger partial charge in [-0.15, -0.1) is 0 Å². The quantitative estimate of drug-likeness (QED) is 0.615. The third kappa shape index (κ3) is 5.46. The number of urea groups is 1. The van der Waals surface area contributed by atoms with Crippen LogP contribution >= 0.6 is 0 Å². The van der Waals surface area contributed by atoms with E-state index in [0.29, 0.717) is 0 Å². The number of carbonyl (C=O) groups is 1. The molecule has 0 bridgehead atoms. The zero-order chi connectivity index (χ0) is 22.5. The predicted molar refractivity (Wildman–Crippen MR) is 108 cm³/mol. The molecule has 2 aromatic rings. The summed E-state index contributed by atoms with van der Waals surface area (Å²) < 4.78 is 41.6. The van der Waals surface area contributed by atoms with Crippen molar-refractivity contribution in [2.24, 2.45) is 7.05 Å². The molecule has 3 N–H and O–H groups in total. The highest BCUT2D eigenvalue weighted by Gasteiger charge is 2.57. The van der Waals surface area contributed by atoms with Crippen molar-refractivity contribution in [2.75, 3.05) is 24.5 Å². The summed E-state index contributed by atoms with van der Waals surface area (Å²) in [4.78, 5) is 22.3. The Hall–Kier alpha value is -2.82. The van der Waals surface area contributed by atoms with Gasteiger partial charge in [-0.2, -0.15) is 13.2 Å². The largest absolute Gasteiger partial charge is 0.424 e. The molecule has 0 saturated carbocycles. The average Bonchev–Trinajstić information content (AvgIpc) is 3.18. The van der Waals surface area contributed by atoms with Crippen molar-refractivity contribution < 1.29 is 23.1 Å². The fourth-order valence-electron chi connectivity index (χ4n) is 3.61. The summed E-state index contributed by atoms with van der Waals surface area (Å²) in [5, 5.41) is 15.3. The molecule has 8 nitrogen and oxygen atoms in total. The van der Waals surface area contributed by atoms with E-state index in [1.807, 2.05) is 6.07 Å². The van der Waals surface area contributed by atoms with E-state index in [0.717, 1.165) is 41.9 Å². The van der Waals surface area contributed by atoms with Crippen LogP contribution in [-0.2, 0) is 19.2 Å². The van der Waals surface area contributed by atoms with Crippen LogP contribution in [0.2, 0.25) is 0 Å². The summed E-state index contributed by atoms with van der Waals surface area (Å²) in [6, 6.07) is 3.05. The van der Waals surface area contributed by atoms with Gasteiger partial charge in [0, 0.05) is 58.2 Å². The fourth-order valence-corrected chi connectivity index (χ4v) is 3.61. The number of alkyl halides is 3. The van der Waals surface area contributed by atoms with Crippen LogP contribution in [-0.4, -0.2) is 51.5 Å². The predicted octanol–water partition coefficient (Wildman–Crippen LogP) is 2.44. The molecule has 1 fully saturated rings. The number of imidazole rings is 1. The molecule has 1 aliphatic rings. The van der Waals surface area contributed by atoms with E-state index in [1.165, 1.54) is 25.9 Å². The Morgan fingerprint density at radius 1 is 1.16 bits per heavy atom. The fraction of sp³-hybridized carbons (Fsp3) is 0.550. The molecule has 0 aliphatic carbocycles. The van der Waals surface area contributed by atoms with Crippen LogP contribution in [0.15, 0.2) is 30.7 Å². The maximum absolute atomic E-state index is 13.5. The number of halogens is 3. The molecule has 0 radical (unpaired) electrons. The van der Waals surface area contributed by atoms with Crippen LogP contribution in [0.1, 0.15) is 37.1 Å². The molecule has 170 valence electrons. The van der Waals surface area contributed by atoms with Crippen molar-refractivity contribution in [2.45, 2.75) is 44.0 Å². The molecule has 1 atom stereocenters. The first-order valence-corrected chi connectivity index (χ1v) is 10.2. The molecule has 0 aromatic carbocycles. The number of aryl methyl sites for hydroxylation is 1. The number of piperidine rings is 1. The number of rotatable bonds is 7. The number of amides is 2. The average molecular weight is 440 g/mol. The van der Waals surface area contributed by atoms with Crippen LogP contribution in [0, 0.1) is 0 Å². The standard InChI is InChI=1S/C20H27F3N6O2/c1-28-12-9-25-17(28)19(31,20(21,22)23)6-8-26-18(30)27-14-15-5-7-24-16(13-15)29-10-3-2-4-11-29/h5,7,9,12-13,31H,2-4,6,8,10-11,14H2,1H3,(H2,26,27,30). The van der Waals surface area contributed by atoms with Crippen LogP contribution in [0.4, 0.5) is 23.8 Å². The van der Waals surface area contributed by atoms with Gasteiger partial charge < -0.3 is 25.2 Å². The van der Waals surface area contributed by atoms with Crippen LogP contribution in [0.25, 0.3) is 0 Å². The SMILES string of the molecule is Cn1ccnc1C(O)(CCNC(=O)NCc1ccnc(N2CCCCC2)c1)C(F)(F)F. The smallest absolute Gasteiger partial charge is 0.374 e. The molecule has 2 amide bonds. The molecule has 1 saturated heterocycles. The van der Waals surface area contributed by atoms with Gasteiger partial charge in [-0.25, -0.2) is 14.8 Å². The van der Waals surface area contributed by atoms with E-state index < -0.39 is 30.1 Å². The topological polar surface area (TPSA) is 95.3 Å². The first-order chi connectivity index (χ1) is 14.7. The van der Waals surface area contributed by atoms with Crippen LogP contribution < -0.4 is 15.5 Å². The number of anilines is 1. The van der Waals surface area contributed by atoms with Gasteiger partial charge in [0.1, 0.15) is 11.6 Å². The Labute approximate surface area is 178 Å². The second-order valence-corrected chi connectivity index (χ2v) is 7.65. The highest BCUT2D eigenvalue weighted by molar-refractivity contribution is 5.73. The van der Waals surface area contributed by atoms with E-state index in [1.54, 1.807) is 12.3 Å². The van der Waals surface area contributed by atoms with Crippen LogP contribution in [0.5, 0.6) is 0 Å². The summed E-state index contributed by atoms with van der Waals surface area (Å²) >= 11 is 0. The Morgan fingerprint density at radius 2 is 1.90 bits per heavy atom. The molecule has 2 aromatic heterocycles. The summed E-state index contributed by atoms with van der Waals surface area (Å²) in [7, 11) is 1.37.